The van der Waals surface area contributed by atoms with Gasteiger partial charge >= 0.3 is 0 Å². The van der Waals surface area contributed by atoms with E-state index in [4.69, 9.17) is 4.74 Å². The van der Waals surface area contributed by atoms with Gasteiger partial charge in [-0.1, -0.05) is 0 Å². The Morgan fingerprint density at radius 1 is 1.29 bits per heavy atom. The first-order chi connectivity index (χ1) is 6.81. The highest BCUT2D eigenvalue weighted by Crippen LogP contribution is 2.47. The molecule has 14 heavy (non-hydrogen) atoms. The van der Waals surface area contributed by atoms with Gasteiger partial charge in [0.2, 0.25) is 0 Å². The van der Waals surface area contributed by atoms with Crippen molar-refractivity contribution in [2.75, 3.05) is 33.4 Å². The summed E-state index contributed by atoms with van der Waals surface area (Å²) in [7, 11) is 2.24. The minimum absolute atomic E-state index is 0.886. The lowest BCUT2D eigenvalue weighted by Gasteiger charge is -2.29. The van der Waals surface area contributed by atoms with E-state index in [9.17, 15) is 0 Å². The third-order valence-electron chi connectivity index (χ3n) is 3.88. The Bertz CT molecular complexity index is 175. The zero-order chi connectivity index (χ0) is 9.97. The molecule has 1 aliphatic heterocycles. The molecule has 0 aromatic rings. The van der Waals surface area contributed by atoms with Crippen molar-refractivity contribution in [1.29, 1.82) is 0 Å². The maximum Gasteiger partial charge on any atom is 0.0496 e. The molecule has 0 bridgehead atoms. The molecule has 0 unspecified atom stereocenters. The van der Waals surface area contributed by atoms with Crippen LogP contribution in [0.15, 0.2) is 0 Å². The summed E-state index contributed by atoms with van der Waals surface area (Å²) in [6.45, 7) is 6.61. The average molecular weight is 197 g/mol. The molecule has 1 saturated carbocycles. The Balaban J connectivity index is 1.66. The molecule has 82 valence electrons. The molecule has 0 aromatic carbocycles. The normalized spacial score (nSPS) is 34.7. The average Bonchev–Trinajstić information content (AvgIpc) is 2.95. The van der Waals surface area contributed by atoms with Crippen LogP contribution < -0.4 is 0 Å². The molecule has 1 aliphatic carbocycles. The molecular formula is C12H23NO. The van der Waals surface area contributed by atoms with Gasteiger partial charge < -0.3 is 9.64 Å². The predicted molar refractivity (Wildman–Crippen MR) is 58.3 cm³/mol. The van der Waals surface area contributed by atoms with Crippen molar-refractivity contribution in [3.8, 4) is 0 Å². The second-order valence-electron chi connectivity index (χ2n) is 4.96. The Morgan fingerprint density at radius 2 is 2.00 bits per heavy atom. The maximum atomic E-state index is 5.49. The van der Waals surface area contributed by atoms with Gasteiger partial charge in [0.05, 0.1) is 0 Å². The molecule has 0 aromatic heterocycles. The summed E-state index contributed by atoms with van der Waals surface area (Å²) in [5.74, 6) is 2.93. The van der Waals surface area contributed by atoms with E-state index in [2.05, 4.69) is 18.9 Å². The highest BCUT2D eigenvalue weighted by atomic mass is 16.5. The molecule has 1 heterocycles. The Hall–Kier alpha value is -0.0800. The lowest BCUT2D eigenvalue weighted by molar-refractivity contribution is 0.124. The highest BCUT2D eigenvalue weighted by molar-refractivity contribution is 4.92. The molecule has 2 aliphatic rings. The van der Waals surface area contributed by atoms with E-state index in [1.54, 1.807) is 0 Å². The minimum atomic E-state index is 0.886. The molecular weight excluding hydrogens is 174 g/mol. The Labute approximate surface area is 87.6 Å². The van der Waals surface area contributed by atoms with Crippen molar-refractivity contribution >= 4 is 0 Å². The quantitative estimate of drug-likeness (QED) is 0.683. The van der Waals surface area contributed by atoms with Crippen LogP contribution in [0.4, 0.5) is 0 Å². The SMILES string of the molecule is CCOC[C@H]1C[C@@H]1C1CCN(C)CC1. The van der Waals surface area contributed by atoms with Crippen LogP contribution in [0.2, 0.25) is 0 Å². The molecule has 2 nitrogen and oxygen atoms in total. The van der Waals surface area contributed by atoms with Crippen LogP contribution in [0, 0.1) is 17.8 Å². The number of ether oxygens (including phenoxy) is 1. The van der Waals surface area contributed by atoms with Crippen LogP contribution >= 0.6 is 0 Å². The van der Waals surface area contributed by atoms with E-state index >= 15 is 0 Å². The Kier molecular flexibility index (Phi) is 3.45. The molecule has 2 atom stereocenters. The van der Waals surface area contributed by atoms with Gasteiger partial charge in [0, 0.05) is 13.2 Å². The van der Waals surface area contributed by atoms with Gasteiger partial charge in [0.25, 0.3) is 0 Å². The van der Waals surface area contributed by atoms with E-state index in [1.165, 1.54) is 32.4 Å². The maximum absolute atomic E-state index is 5.49. The summed E-state index contributed by atoms with van der Waals surface area (Å²) < 4.78 is 5.49. The lowest BCUT2D eigenvalue weighted by Crippen LogP contribution is -2.31. The third kappa shape index (κ3) is 2.48. The monoisotopic (exact) mass is 197 g/mol. The second-order valence-corrected chi connectivity index (χ2v) is 4.96. The number of hydrogen-bond acceptors (Lipinski definition) is 2. The fourth-order valence-electron chi connectivity index (χ4n) is 2.77. The van der Waals surface area contributed by atoms with Crippen LogP contribution in [0.5, 0.6) is 0 Å². The van der Waals surface area contributed by atoms with Crippen molar-refractivity contribution in [3.63, 3.8) is 0 Å². The lowest BCUT2D eigenvalue weighted by atomic mass is 9.91. The van der Waals surface area contributed by atoms with Crippen LogP contribution in [0.3, 0.4) is 0 Å². The highest BCUT2D eigenvalue weighted by Gasteiger charge is 2.43. The minimum Gasteiger partial charge on any atom is -0.381 e. The summed E-state index contributed by atoms with van der Waals surface area (Å²) in [6.07, 6.45) is 4.28. The molecule has 0 N–H and O–H groups in total. The summed E-state index contributed by atoms with van der Waals surface area (Å²) in [5.41, 5.74) is 0. The summed E-state index contributed by atoms with van der Waals surface area (Å²) in [6, 6.07) is 0. The molecule has 2 heteroatoms. The largest absolute Gasteiger partial charge is 0.381 e. The van der Waals surface area contributed by atoms with Gasteiger partial charge in [-0.2, -0.15) is 0 Å². The van der Waals surface area contributed by atoms with Crippen molar-refractivity contribution in [1.82, 2.24) is 4.90 Å². The first-order valence-electron chi connectivity index (χ1n) is 6.07. The zero-order valence-electron chi connectivity index (χ0n) is 9.54. The van der Waals surface area contributed by atoms with Crippen molar-refractivity contribution < 1.29 is 4.74 Å². The second kappa shape index (κ2) is 4.63. The van der Waals surface area contributed by atoms with Gasteiger partial charge in [-0.15, -0.1) is 0 Å². The fourth-order valence-corrected chi connectivity index (χ4v) is 2.77. The van der Waals surface area contributed by atoms with Crippen LogP contribution in [-0.2, 0) is 4.74 Å². The fraction of sp³-hybridized carbons (Fsp3) is 1.00. The van der Waals surface area contributed by atoms with Crippen LogP contribution in [-0.4, -0.2) is 38.3 Å². The van der Waals surface area contributed by atoms with Gasteiger partial charge in [-0.05, 0) is 64.1 Å². The Morgan fingerprint density at radius 3 is 2.64 bits per heavy atom. The molecule has 0 radical (unpaired) electrons. The third-order valence-corrected chi connectivity index (χ3v) is 3.88. The van der Waals surface area contributed by atoms with Crippen LogP contribution in [0.1, 0.15) is 26.2 Å². The molecule has 0 amide bonds. The summed E-state index contributed by atoms with van der Waals surface area (Å²) in [5, 5.41) is 0. The first kappa shape index (κ1) is 10.4. The number of piperidine rings is 1. The number of rotatable bonds is 4. The predicted octanol–water partition coefficient (Wildman–Crippen LogP) is 2.00. The molecule has 1 saturated heterocycles. The summed E-state index contributed by atoms with van der Waals surface area (Å²) >= 11 is 0. The molecule has 0 spiro atoms. The van der Waals surface area contributed by atoms with Crippen molar-refractivity contribution in [2.45, 2.75) is 26.2 Å². The molecule has 2 fully saturated rings. The van der Waals surface area contributed by atoms with Crippen molar-refractivity contribution in [2.24, 2.45) is 17.8 Å². The standard InChI is InChI=1S/C12H23NO/c1-3-14-9-11-8-12(11)10-4-6-13(2)7-5-10/h10-12H,3-9H2,1-2H3/t11-,12-/m1/s1. The van der Waals surface area contributed by atoms with E-state index in [-0.39, 0.29) is 0 Å². The van der Waals surface area contributed by atoms with E-state index in [0.29, 0.717) is 0 Å². The number of likely N-dealkylation sites (tertiary alicyclic amines) is 1. The summed E-state index contributed by atoms with van der Waals surface area (Å²) in [4.78, 5) is 2.45. The smallest absolute Gasteiger partial charge is 0.0496 e. The van der Waals surface area contributed by atoms with Gasteiger partial charge in [0.15, 0.2) is 0 Å². The van der Waals surface area contributed by atoms with Gasteiger partial charge in [-0.3, -0.25) is 0 Å². The zero-order valence-corrected chi connectivity index (χ0v) is 9.54. The van der Waals surface area contributed by atoms with Crippen molar-refractivity contribution in [3.05, 3.63) is 0 Å². The van der Waals surface area contributed by atoms with E-state index in [0.717, 1.165) is 31.0 Å². The molecule has 2 rings (SSSR count). The first-order valence-corrected chi connectivity index (χ1v) is 6.07. The van der Waals surface area contributed by atoms with Crippen LogP contribution in [0.25, 0.3) is 0 Å². The number of hydrogen-bond donors (Lipinski definition) is 0. The van der Waals surface area contributed by atoms with Gasteiger partial charge in [-0.25, -0.2) is 0 Å². The van der Waals surface area contributed by atoms with E-state index < -0.39 is 0 Å². The number of nitrogens with zero attached hydrogens (tertiary/aromatic N) is 1. The van der Waals surface area contributed by atoms with Gasteiger partial charge in [0.1, 0.15) is 0 Å². The van der Waals surface area contributed by atoms with E-state index in [1.807, 2.05) is 0 Å². The topological polar surface area (TPSA) is 12.5 Å².